The van der Waals surface area contributed by atoms with Crippen molar-refractivity contribution in [3.05, 3.63) is 32.7 Å². The number of aliphatic hydroxyl groups is 1. The molecule has 1 fully saturated rings. The van der Waals surface area contributed by atoms with Crippen LogP contribution in [0.1, 0.15) is 18.4 Å². The molecule has 15 heavy (non-hydrogen) atoms. The van der Waals surface area contributed by atoms with Gasteiger partial charge in [-0.3, -0.25) is 0 Å². The molecule has 0 spiro atoms. The van der Waals surface area contributed by atoms with Gasteiger partial charge >= 0.3 is 0 Å². The molecule has 2 N–H and O–H groups in total. The van der Waals surface area contributed by atoms with Gasteiger partial charge in [-0.25, -0.2) is 0 Å². The summed E-state index contributed by atoms with van der Waals surface area (Å²) in [4.78, 5) is 0. The van der Waals surface area contributed by atoms with Crippen LogP contribution in [0.3, 0.4) is 0 Å². The van der Waals surface area contributed by atoms with Crippen molar-refractivity contribution in [3.8, 4) is 0 Å². The third kappa shape index (κ3) is 2.28. The zero-order valence-corrected chi connectivity index (χ0v) is 11.4. The van der Waals surface area contributed by atoms with E-state index in [-0.39, 0.29) is 0 Å². The number of β-amino-alcohol motifs (C(OH)–C–C–N with tert-alkyl or cyclic N) is 1. The van der Waals surface area contributed by atoms with Crippen molar-refractivity contribution in [1.82, 2.24) is 5.32 Å². The second-order valence-corrected chi connectivity index (χ2v) is 5.56. The summed E-state index contributed by atoms with van der Waals surface area (Å²) in [5.74, 6) is 0. The maximum atomic E-state index is 10.5. The first-order valence-electron chi connectivity index (χ1n) is 5.01. The van der Waals surface area contributed by atoms with Crippen LogP contribution >= 0.6 is 31.9 Å². The lowest BCUT2D eigenvalue weighted by atomic mass is 9.87. The molecular weight excluding hydrogens is 322 g/mol. The van der Waals surface area contributed by atoms with Gasteiger partial charge in [-0.2, -0.15) is 0 Å². The zero-order valence-electron chi connectivity index (χ0n) is 8.26. The highest BCUT2D eigenvalue weighted by atomic mass is 79.9. The van der Waals surface area contributed by atoms with Crippen LogP contribution < -0.4 is 5.32 Å². The van der Waals surface area contributed by atoms with Crippen LogP contribution in [-0.4, -0.2) is 18.2 Å². The quantitative estimate of drug-likeness (QED) is 0.827. The second-order valence-electron chi connectivity index (χ2n) is 3.91. The average molecular weight is 335 g/mol. The maximum Gasteiger partial charge on any atom is 0.103 e. The van der Waals surface area contributed by atoms with Gasteiger partial charge in [0.2, 0.25) is 0 Å². The van der Waals surface area contributed by atoms with Crippen molar-refractivity contribution in [2.45, 2.75) is 18.4 Å². The molecular formula is C11H13Br2NO. The molecule has 82 valence electrons. The lowest BCUT2D eigenvalue weighted by molar-refractivity contribution is 0.0116. The lowest BCUT2D eigenvalue weighted by Crippen LogP contribution is -2.43. The van der Waals surface area contributed by atoms with Gasteiger partial charge in [-0.15, -0.1) is 0 Å². The Morgan fingerprint density at radius 3 is 2.80 bits per heavy atom. The van der Waals surface area contributed by atoms with E-state index in [0.717, 1.165) is 33.9 Å². The number of hydrogen-bond donors (Lipinski definition) is 2. The van der Waals surface area contributed by atoms with E-state index in [4.69, 9.17) is 0 Å². The Morgan fingerprint density at radius 1 is 1.33 bits per heavy atom. The second kappa shape index (κ2) is 4.53. The van der Waals surface area contributed by atoms with Crippen molar-refractivity contribution in [3.63, 3.8) is 0 Å². The zero-order chi connectivity index (χ0) is 10.9. The number of benzene rings is 1. The molecule has 1 aliphatic rings. The Kier molecular flexibility index (Phi) is 3.50. The minimum Gasteiger partial charge on any atom is -0.384 e. The average Bonchev–Trinajstić information content (AvgIpc) is 2.23. The van der Waals surface area contributed by atoms with Gasteiger partial charge in [-0.1, -0.05) is 12.1 Å². The van der Waals surface area contributed by atoms with Gasteiger partial charge in [0, 0.05) is 21.1 Å². The van der Waals surface area contributed by atoms with Crippen LogP contribution in [-0.2, 0) is 5.60 Å². The molecule has 1 aromatic rings. The molecule has 4 heteroatoms. The molecule has 0 aliphatic carbocycles. The van der Waals surface area contributed by atoms with E-state index in [1.165, 1.54) is 0 Å². The fraction of sp³-hybridized carbons (Fsp3) is 0.455. The van der Waals surface area contributed by atoms with E-state index in [1.807, 2.05) is 18.2 Å². The Labute approximate surface area is 106 Å². The Hall–Kier alpha value is 0.1000. The molecule has 1 aliphatic heterocycles. The van der Waals surface area contributed by atoms with E-state index in [2.05, 4.69) is 37.2 Å². The molecule has 1 atom stereocenters. The molecule has 0 amide bonds. The predicted octanol–water partition coefficient (Wildman–Crippen LogP) is 2.78. The van der Waals surface area contributed by atoms with E-state index in [1.54, 1.807) is 0 Å². The molecule has 2 nitrogen and oxygen atoms in total. The number of rotatable bonds is 1. The third-order valence-corrected chi connectivity index (χ3v) is 4.86. The van der Waals surface area contributed by atoms with Crippen LogP contribution in [0, 0.1) is 0 Å². The summed E-state index contributed by atoms with van der Waals surface area (Å²) in [5, 5.41) is 13.8. The van der Waals surface area contributed by atoms with Crippen molar-refractivity contribution in [2.75, 3.05) is 13.1 Å². The normalized spacial score (nSPS) is 26.6. The number of halogens is 2. The summed E-state index contributed by atoms with van der Waals surface area (Å²) in [6.07, 6.45) is 1.82. The highest BCUT2D eigenvalue weighted by Crippen LogP contribution is 2.36. The van der Waals surface area contributed by atoms with Gasteiger partial charge in [0.05, 0.1) is 0 Å². The van der Waals surface area contributed by atoms with Crippen LogP contribution in [0.25, 0.3) is 0 Å². The van der Waals surface area contributed by atoms with Gasteiger partial charge in [0.25, 0.3) is 0 Å². The first kappa shape index (κ1) is 11.6. The Morgan fingerprint density at radius 2 is 2.13 bits per heavy atom. The monoisotopic (exact) mass is 333 g/mol. The molecule has 1 unspecified atom stereocenters. The fourth-order valence-electron chi connectivity index (χ4n) is 1.98. The van der Waals surface area contributed by atoms with E-state index >= 15 is 0 Å². The molecule has 0 saturated carbocycles. The maximum absolute atomic E-state index is 10.5. The first-order valence-corrected chi connectivity index (χ1v) is 6.60. The number of hydrogen-bond acceptors (Lipinski definition) is 2. The largest absolute Gasteiger partial charge is 0.384 e. The smallest absolute Gasteiger partial charge is 0.103 e. The molecule has 1 aromatic carbocycles. The third-order valence-electron chi connectivity index (χ3n) is 2.81. The van der Waals surface area contributed by atoms with Gasteiger partial charge in [-0.05, 0) is 57.3 Å². The number of piperidine rings is 1. The lowest BCUT2D eigenvalue weighted by Gasteiger charge is -2.34. The summed E-state index contributed by atoms with van der Waals surface area (Å²) >= 11 is 6.97. The Bertz CT molecular complexity index is 362. The molecule has 2 rings (SSSR count). The van der Waals surface area contributed by atoms with Crippen molar-refractivity contribution >= 4 is 31.9 Å². The molecule has 0 bridgehead atoms. The van der Waals surface area contributed by atoms with Crippen LogP contribution in [0.4, 0.5) is 0 Å². The molecule has 1 saturated heterocycles. The van der Waals surface area contributed by atoms with Gasteiger partial charge < -0.3 is 10.4 Å². The minimum atomic E-state index is -0.735. The first-order chi connectivity index (χ1) is 7.13. The molecule has 0 radical (unpaired) electrons. The standard InChI is InChI=1S/C11H13Br2NO/c12-9-4-1-3-8(10(9)13)11(15)5-2-6-14-7-11/h1,3-4,14-15H,2,5-7H2. The van der Waals surface area contributed by atoms with Gasteiger partial charge in [0.1, 0.15) is 5.60 Å². The highest BCUT2D eigenvalue weighted by molar-refractivity contribution is 9.13. The summed E-state index contributed by atoms with van der Waals surface area (Å²) < 4.78 is 1.94. The van der Waals surface area contributed by atoms with E-state index < -0.39 is 5.60 Å². The van der Waals surface area contributed by atoms with Crippen molar-refractivity contribution in [2.24, 2.45) is 0 Å². The van der Waals surface area contributed by atoms with Crippen LogP contribution in [0.5, 0.6) is 0 Å². The van der Waals surface area contributed by atoms with E-state index in [9.17, 15) is 5.11 Å². The van der Waals surface area contributed by atoms with Gasteiger partial charge in [0.15, 0.2) is 0 Å². The van der Waals surface area contributed by atoms with E-state index in [0.29, 0.717) is 6.54 Å². The van der Waals surface area contributed by atoms with Crippen LogP contribution in [0.15, 0.2) is 27.1 Å². The number of nitrogens with one attached hydrogen (secondary N) is 1. The van der Waals surface area contributed by atoms with Crippen LogP contribution in [0.2, 0.25) is 0 Å². The summed E-state index contributed by atoms with van der Waals surface area (Å²) in [7, 11) is 0. The predicted molar refractivity (Wildman–Crippen MR) is 67.8 cm³/mol. The minimum absolute atomic E-state index is 0.627. The molecule has 1 heterocycles. The summed E-state index contributed by atoms with van der Waals surface area (Å²) in [6.45, 7) is 1.62. The highest BCUT2D eigenvalue weighted by Gasteiger charge is 2.33. The Balaban J connectivity index is 2.39. The van der Waals surface area contributed by atoms with Crippen molar-refractivity contribution < 1.29 is 5.11 Å². The summed E-state index contributed by atoms with van der Waals surface area (Å²) in [5.41, 5.74) is 0.227. The topological polar surface area (TPSA) is 32.3 Å². The summed E-state index contributed by atoms with van der Waals surface area (Å²) in [6, 6.07) is 5.89. The van der Waals surface area contributed by atoms with Crippen molar-refractivity contribution in [1.29, 1.82) is 0 Å². The SMILES string of the molecule is OC1(c2cccc(Br)c2Br)CCCNC1. The molecule has 0 aromatic heterocycles. The fourth-order valence-corrected chi connectivity index (χ4v) is 2.98.